The van der Waals surface area contributed by atoms with E-state index >= 15 is 0 Å². The molecule has 1 amide bonds. The summed E-state index contributed by atoms with van der Waals surface area (Å²) in [6.07, 6.45) is 1.56. The second kappa shape index (κ2) is 4.30. The lowest BCUT2D eigenvalue weighted by atomic mass is 10.6. The number of carbonyl (C=O) groups is 1. The lowest BCUT2D eigenvalue weighted by Crippen LogP contribution is -2.19. The van der Waals surface area contributed by atoms with Crippen molar-refractivity contribution in [1.82, 2.24) is 9.59 Å². The van der Waals surface area contributed by atoms with Crippen LogP contribution in [0.5, 0.6) is 0 Å². The molecule has 1 aliphatic heterocycles. The second-order valence-electron chi connectivity index (χ2n) is 2.34. The number of nitrogens with zero attached hydrogens (tertiary/aromatic N) is 2. The van der Waals surface area contributed by atoms with Crippen molar-refractivity contribution in [2.45, 2.75) is 4.58 Å². The van der Waals surface area contributed by atoms with E-state index in [0.717, 1.165) is 16.5 Å². The van der Waals surface area contributed by atoms with Crippen molar-refractivity contribution in [3.05, 3.63) is 6.20 Å². The maximum absolute atomic E-state index is 11.5. The zero-order chi connectivity index (χ0) is 9.10. The van der Waals surface area contributed by atoms with Gasteiger partial charge in [-0.05, 0) is 0 Å². The molecule has 1 fully saturated rings. The first-order valence-corrected chi connectivity index (χ1v) is 6.55. The zero-order valence-corrected chi connectivity index (χ0v) is 9.05. The van der Waals surface area contributed by atoms with Gasteiger partial charge in [-0.15, -0.1) is 28.6 Å². The van der Waals surface area contributed by atoms with Gasteiger partial charge in [-0.1, -0.05) is 4.49 Å². The van der Waals surface area contributed by atoms with E-state index < -0.39 is 0 Å². The van der Waals surface area contributed by atoms with Crippen LogP contribution in [0.1, 0.15) is 0 Å². The maximum Gasteiger partial charge on any atom is 0.248 e. The summed E-state index contributed by atoms with van der Waals surface area (Å²) in [4.78, 5) is 11.5. The minimum Gasteiger partial charge on any atom is -0.313 e. The highest BCUT2D eigenvalue weighted by atomic mass is 32.2. The van der Waals surface area contributed by atoms with Crippen LogP contribution in [-0.2, 0) is 4.79 Å². The number of nitrogens with one attached hydrogen (secondary N) is 1. The fraction of sp³-hybridized carbons (Fsp3) is 0.500. The maximum atomic E-state index is 11.5. The third-order valence-electron chi connectivity index (χ3n) is 1.44. The topological polar surface area (TPSA) is 54.9 Å². The van der Waals surface area contributed by atoms with Gasteiger partial charge in [-0.25, -0.2) is 0 Å². The van der Waals surface area contributed by atoms with Gasteiger partial charge in [0.2, 0.25) is 5.91 Å². The number of aromatic nitrogens is 2. The molecule has 70 valence electrons. The van der Waals surface area contributed by atoms with E-state index in [4.69, 9.17) is 0 Å². The first-order valence-electron chi connectivity index (χ1n) is 3.68. The van der Waals surface area contributed by atoms with Crippen LogP contribution >= 0.6 is 35.1 Å². The summed E-state index contributed by atoms with van der Waals surface area (Å²) in [5, 5.41) is 7.14. The Labute approximate surface area is 88.0 Å². The summed E-state index contributed by atoms with van der Waals surface area (Å²) in [5.74, 6) is 2.17. The molecule has 2 heterocycles. The van der Waals surface area contributed by atoms with Gasteiger partial charge >= 0.3 is 0 Å². The number of hydrogen-bond acceptors (Lipinski definition) is 6. The number of anilines is 1. The highest BCUT2D eigenvalue weighted by molar-refractivity contribution is 8.21. The second-order valence-corrected chi connectivity index (χ2v) is 5.85. The molecule has 1 aliphatic rings. The summed E-state index contributed by atoms with van der Waals surface area (Å²) in [6.45, 7) is 0. The van der Waals surface area contributed by atoms with Gasteiger partial charge in [0, 0.05) is 23.0 Å². The molecule has 0 radical (unpaired) electrons. The number of amides is 1. The number of thioether (sulfide) groups is 2. The van der Waals surface area contributed by atoms with Crippen molar-refractivity contribution in [1.29, 1.82) is 0 Å². The third kappa shape index (κ3) is 2.35. The van der Waals surface area contributed by atoms with Gasteiger partial charge in [0.25, 0.3) is 0 Å². The van der Waals surface area contributed by atoms with Crippen molar-refractivity contribution in [2.24, 2.45) is 0 Å². The summed E-state index contributed by atoms with van der Waals surface area (Å²) < 4.78 is 3.71. The van der Waals surface area contributed by atoms with Crippen LogP contribution in [0, 0.1) is 0 Å². The minimum atomic E-state index is 0.0436. The van der Waals surface area contributed by atoms with E-state index in [1.807, 2.05) is 0 Å². The summed E-state index contributed by atoms with van der Waals surface area (Å²) in [5.41, 5.74) is 0. The van der Waals surface area contributed by atoms with Gasteiger partial charge in [0.15, 0.2) is 0 Å². The molecule has 0 aromatic carbocycles. The van der Waals surface area contributed by atoms with E-state index in [2.05, 4.69) is 14.9 Å². The van der Waals surface area contributed by atoms with Crippen molar-refractivity contribution >= 4 is 46.0 Å². The van der Waals surface area contributed by atoms with Crippen LogP contribution in [0.4, 0.5) is 5.00 Å². The third-order valence-corrected chi connectivity index (χ3v) is 5.01. The Kier molecular flexibility index (Phi) is 3.07. The van der Waals surface area contributed by atoms with Crippen LogP contribution < -0.4 is 5.32 Å². The van der Waals surface area contributed by atoms with Crippen molar-refractivity contribution in [3.63, 3.8) is 0 Å². The normalized spacial score (nSPS) is 17.5. The monoisotopic (exact) mass is 233 g/mol. The first-order chi connectivity index (χ1) is 6.36. The smallest absolute Gasteiger partial charge is 0.248 e. The van der Waals surface area contributed by atoms with Crippen LogP contribution in [0.25, 0.3) is 0 Å². The summed E-state index contributed by atoms with van der Waals surface area (Å²) >= 11 is 4.57. The van der Waals surface area contributed by atoms with Crippen molar-refractivity contribution in [3.8, 4) is 0 Å². The standard InChI is InChI=1S/C6H7N3OS3/c10-5(6-11-1-2-12-6)8-4-3-7-9-13-4/h3,6H,1-2H2,(H,8,10). The SMILES string of the molecule is O=C(Nc1cnns1)C1SCCS1. The zero-order valence-electron chi connectivity index (χ0n) is 6.60. The molecular weight excluding hydrogens is 226 g/mol. The molecule has 4 nitrogen and oxygen atoms in total. The molecule has 13 heavy (non-hydrogen) atoms. The molecule has 0 atom stereocenters. The van der Waals surface area contributed by atoms with Gasteiger partial charge in [0.1, 0.15) is 9.58 Å². The van der Waals surface area contributed by atoms with Gasteiger partial charge in [0.05, 0.1) is 6.20 Å². The molecule has 0 saturated carbocycles. The minimum absolute atomic E-state index is 0.0436. The van der Waals surface area contributed by atoms with Gasteiger partial charge in [-0.3, -0.25) is 4.79 Å². The Hall–Kier alpha value is -0.270. The molecule has 0 bridgehead atoms. The Morgan fingerprint density at radius 1 is 1.54 bits per heavy atom. The van der Waals surface area contributed by atoms with E-state index in [0.29, 0.717) is 0 Å². The molecule has 0 aliphatic carbocycles. The van der Waals surface area contributed by atoms with Gasteiger partial charge < -0.3 is 5.32 Å². The molecule has 0 unspecified atom stereocenters. The average Bonchev–Trinajstić information content (AvgIpc) is 2.74. The number of hydrogen-bond donors (Lipinski definition) is 1. The Morgan fingerprint density at radius 3 is 2.92 bits per heavy atom. The van der Waals surface area contributed by atoms with Crippen molar-refractivity contribution in [2.75, 3.05) is 16.8 Å². The largest absolute Gasteiger partial charge is 0.313 e. The quantitative estimate of drug-likeness (QED) is 0.834. The van der Waals surface area contributed by atoms with E-state index in [1.54, 1.807) is 29.7 Å². The van der Waals surface area contributed by atoms with E-state index in [9.17, 15) is 4.79 Å². The fourth-order valence-electron chi connectivity index (χ4n) is 0.912. The molecule has 1 N–H and O–H groups in total. The van der Waals surface area contributed by atoms with Gasteiger partial charge in [-0.2, -0.15) is 0 Å². The molecule has 2 rings (SSSR count). The molecule has 1 saturated heterocycles. The lowest BCUT2D eigenvalue weighted by Gasteiger charge is -2.05. The Bertz CT molecular complexity index is 283. The molecule has 1 aromatic rings. The summed E-state index contributed by atoms with van der Waals surface area (Å²) in [7, 11) is 0. The van der Waals surface area contributed by atoms with Crippen molar-refractivity contribution < 1.29 is 4.79 Å². The fourth-order valence-corrected chi connectivity index (χ4v) is 3.92. The van der Waals surface area contributed by atoms with Crippen LogP contribution in [0.2, 0.25) is 0 Å². The number of rotatable bonds is 2. The molecular formula is C6H7N3OS3. The summed E-state index contributed by atoms with van der Waals surface area (Å²) in [6, 6.07) is 0. The van der Waals surface area contributed by atoms with E-state index in [-0.39, 0.29) is 10.5 Å². The molecule has 1 aromatic heterocycles. The molecule has 0 spiro atoms. The predicted octanol–water partition coefficient (Wildman–Crippen LogP) is 1.28. The highest BCUT2D eigenvalue weighted by Crippen LogP contribution is 2.32. The average molecular weight is 233 g/mol. The molecule has 7 heteroatoms. The Morgan fingerprint density at radius 2 is 2.31 bits per heavy atom. The highest BCUT2D eigenvalue weighted by Gasteiger charge is 2.24. The first kappa shape index (κ1) is 9.29. The van der Waals surface area contributed by atoms with Crippen LogP contribution in [0.3, 0.4) is 0 Å². The Balaban J connectivity index is 1.91. The predicted molar refractivity (Wildman–Crippen MR) is 57.2 cm³/mol. The van der Waals surface area contributed by atoms with E-state index in [1.165, 1.54) is 11.5 Å². The lowest BCUT2D eigenvalue weighted by molar-refractivity contribution is -0.114. The number of carbonyl (C=O) groups excluding carboxylic acids is 1. The van der Waals surface area contributed by atoms with Crippen LogP contribution in [-0.4, -0.2) is 31.6 Å². The van der Waals surface area contributed by atoms with Crippen LogP contribution in [0.15, 0.2) is 6.20 Å².